The molecular formula is C24H25ClFN5O2. The molecule has 2 amide bonds. The maximum absolute atomic E-state index is 13.5. The summed E-state index contributed by atoms with van der Waals surface area (Å²) in [7, 11) is 0. The van der Waals surface area contributed by atoms with Gasteiger partial charge in [0.05, 0.1) is 36.5 Å². The van der Waals surface area contributed by atoms with Crippen molar-refractivity contribution >= 4 is 29.1 Å². The molecule has 1 aromatic carbocycles. The van der Waals surface area contributed by atoms with Crippen LogP contribution in [0.1, 0.15) is 43.9 Å². The van der Waals surface area contributed by atoms with Gasteiger partial charge in [0.15, 0.2) is 5.65 Å². The molecule has 0 radical (unpaired) electrons. The van der Waals surface area contributed by atoms with Crippen molar-refractivity contribution in [1.29, 1.82) is 0 Å². The molecule has 2 saturated heterocycles. The first-order valence-corrected chi connectivity index (χ1v) is 11.6. The number of fused-ring (bicyclic) bond motifs is 3. The van der Waals surface area contributed by atoms with E-state index in [1.807, 2.05) is 22.4 Å². The van der Waals surface area contributed by atoms with E-state index in [9.17, 15) is 14.0 Å². The van der Waals surface area contributed by atoms with Crippen molar-refractivity contribution in [1.82, 2.24) is 24.6 Å². The van der Waals surface area contributed by atoms with Crippen LogP contribution in [0.15, 0.2) is 43.0 Å². The molecule has 1 N–H and O–H groups in total. The van der Waals surface area contributed by atoms with E-state index >= 15 is 0 Å². The van der Waals surface area contributed by atoms with Gasteiger partial charge in [0.2, 0.25) is 11.8 Å². The number of rotatable bonds is 6. The molecule has 2 aliphatic heterocycles. The van der Waals surface area contributed by atoms with E-state index in [1.54, 1.807) is 24.7 Å². The smallest absolute Gasteiger partial charge is 0.228 e. The third-order valence-corrected chi connectivity index (χ3v) is 7.64. The predicted molar refractivity (Wildman–Crippen MR) is 121 cm³/mol. The fourth-order valence-electron chi connectivity index (χ4n) is 5.64. The first-order valence-electron chi connectivity index (χ1n) is 11.2. The number of hydrogen-bond acceptors (Lipinski definition) is 4. The van der Waals surface area contributed by atoms with E-state index in [4.69, 9.17) is 11.6 Å². The average Bonchev–Trinajstić information content (AvgIpc) is 3.51. The number of benzene rings is 1. The van der Waals surface area contributed by atoms with E-state index in [1.165, 1.54) is 12.1 Å². The standard InChI is InChI=1S/C24H25ClFN5O2/c1-2-24(23(33)29-13-18-12-28-21-14-27-7-8-30(18)21)11-17-5-6-20(24)31(17)22(32)9-15-3-4-16(26)10-19(15)25/h3-4,7-8,10,12,14,17,20H,2,5-6,9,11,13H2,1H3,(H,29,33)/t17-,20+,24+/m1/s1. The zero-order valence-corrected chi connectivity index (χ0v) is 19.1. The van der Waals surface area contributed by atoms with E-state index < -0.39 is 11.2 Å². The van der Waals surface area contributed by atoms with Crippen LogP contribution in [0.25, 0.3) is 5.65 Å². The molecule has 0 unspecified atom stereocenters. The van der Waals surface area contributed by atoms with E-state index in [2.05, 4.69) is 15.3 Å². The zero-order valence-electron chi connectivity index (χ0n) is 18.3. The van der Waals surface area contributed by atoms with Crippen LogP contribution in [0.3, 0.4) is 0 Å². The quantitative estimate of drug-likeness (QED) is 0.599. The zero-order chi connectivity index (χ0) is 23.2. The molecule has 4 heterocycles. The van der Waals surface area contributed by atoms with E-state index in [0.29, 0.717) is 24.9 Å². The topological polar surface area (TPSA) is 79.6 Å². The van der Waals surface area contributed by atoms with Crippen LogP contribution >= 0.6 is 11.6 Å². The van der Waals surface area contributed by atoms with Crippen molar-refractivity contribution in [3.63, 3.8) is 0 Å². The monoisotopic (exact) mass is 469 g/mol. The number of carbonyl (C=O) groups excluding carboxylic acids is 2. The molecule has 0 saturated carbocycles. The van der Waals surface area contributed by atoms with Crippen LogP contribution in [0, 0.1) is 11.2 Å². The summed E-state index contributed by atoms with van der Waals surface area (Å²) >= 11 is 6.15. The average molecular weight is 470 g/mol. The van der Waals surface area contributed by atoms with Gasteiger partial charge in [-0.15, -0.1) is 0 Å². The van der Waals surface area contributed by atoms with Crippen molar-refractivity contribution in [3.8, 4) is 0 Å². The van der Waals surface area contributed by atoms with Crippen LogP contribution in [0.2, 0.25) is 5.02 Å². The Morgan fingerprint density at radius 3 is 2.94 bits per heavy atom. The van der Waals surface area contributed by atoms with Gasteiger partial charge >= 0.3 is 0 Å². The molecule has 9 heteroatoms. The predicted octanol–water partition coefficient (Wildman–Crippen LogP) is 3.54. The van der Waals surface area contributed by atoms with Gasteiger partial charge in [-0.1, -0.05) is 24.6 Å². The molecule has 7 nitrogen and oxygen atoms in total. The van der Waals surface area contributed by atoms with Crippen LogP contribution in [0.4, 0.5) is 4.39 Å². The number of aromatic nitrogens is 3. The third kappa shape index (κ3) is 3.66. The van der Waals surface area contributed by atoms with Crippen molar-refractivity contribution < 1.29 is 14.0 Å². The Morgan fingerprint density at radius 2 is 2.15 bits per heavy atom. The molecule has 0 spiro atoms. The van der Waals surface area contributed by atoms with Crippen molar-refractivity contribution in [2.45, 2.75) is 57.7 Å². The highest BCUT2D eigenvalue weighted by Crippen LogP contribution is 2.52. The highest BCUT2D eigenvalue weighted by Gasteiger charge is 2.60. The molecule has 0 aliphatic carbocycles. The molecule has 3 aromatic rings. The molecule has 2 aromatic heterocycles. The highest BCUT2D eigenvalue weighted by molar-refractivity contribution is 6.31. The van der Waals surface area contributed by atoms with Gasteiger partial charge in [-0.25, -0.2) is 9.37 Å². The molecule has 3 atom stereocenters. The molecule has 5 rings (SSSR count). The van der Waals surface area contributed by atoms with Crippen LogP contribution in [-0.2, 0) is 22.6 Å². The molecular weight excluding hydrogens is 445 g/mol. The Balaban J connectivity index is 1.32. The molecule has 33 heavy (non-hydrogen) atoms. The van der Waals surface area contributed by atoms with Crippen molar-refractivity contribution in [2.24, 2.45) is 5.41 Å². The number of carbonyl (C=O) groups is 2. The Labute approximate surface area is 196 Å². The second-order valence-electron chi connectivity index (χ2n) is 8.91. The number of hydrogen-bond donors (Lipinski definition) is 1. The van der Waals surface area contributed by atoms with Crippen molar-refractivity contribution in [2.75, 3.05) is 0 Å². The van der Waals surface area contributed by atoms with Gasteiger partial charge in [-0.2, -0.15) is 0 Å². The van der Waals surface area contributed by atoms with Crippen LogP contribution < -0.4 is 5.32 Å². The van der Waals surface area contributed by atoms with Gasteiger partial charge in [0, 0.05) is 29.5 Å². The summed E-state index contributed by atoms with van der Waals surface area (Å²) < 4.78 is 15.3. The maximum atomic E-state index is 13.5. The number of amides is 2. The lowest BCUT2D eigenvalue weighted by molar-refractivity contribution is -0.136. The Kier molecular flexibility index (Phi) is 5.56. The fourth-order valence-corrected chi connectivity index (χ4v) is 5.87. The number of halogens is 2. The summed E-state index contributed by atoms with van der Waals surface area (Å²) in [5, 5.41) is 3.35. The normalized spacial score (nSPS) is 23.9. The number of nitrogens with zero attached hydrogens (tertiary/aromatic N) is 4. The largest absolute Gasteiger partial charge is 0.350 e. The molecule has 172 valence electrons. The summed E-state index contributed by atoms with van der Waals surface area (Å²) in [6, 6.07) is 3.98. The summed E-state index contributed by atoms with van der Waals surface area (Å²) in [5.74, 6) is -0.520. The molecule has 2 bridgehead atoms. The maximum Gasteiger partial charge on any atom is 0.228 e. The summed E-state index contributed by atoms with van der Waals surface area (Å²) in [6.07, 6.45) is 10.0. The lowest BCUT2D eigenvalue weighted by Gasteiger charge is -2.35. The highest BCUT2D eigenvalue weighted by atomic mass is 35.5. The number of nitrogens with one attached hydrogen (secondary N) is 1. The van der Waals surface area contributed by atoms with Gasteiger partial charge in [-0.05, 0) is 43.4 Å². The van der Waals surface area contributed by atoms with Gasteiger partial charge in [0.25, 0.3) is 0 Å². The third-order valence-electron chi connectivity index (χ3n) is 7.29. The van der Waals surface area contributed by atoms with Crippen molar-refractivity contribution in [3.05, 3.63) is 65.1 Å². The second-order valence-corrected chi connectivity index (χ2v) is 9.32. The Hall–Kier alpha value is -3.00. The molecule has 2 fully saturated rings. The minimum atomic E-state index is -0.618. The van der Waals surface area contributed by atoms with E-state index in [0.717, 1.165) is 24.2 Å². The molecule has 2 aliphatic rings. The summed E-state index contributed by atoms with van der Waals surface area (Å²) in [5.41, 5.74) is 1.58. The Morgan fingerprint density at radius 1 is 1.30 bits per heavy atom. The van der Waals surface area contributed by atoms with Gasteiger partial charge in [-0.3, -0.25) is 19.0 Å². The first kappa shape index (κ1) is 21.8. The lowest BCUT2D eigenvalue weighted by atomic mass is 9.71. The lowest BCUT2D eigenvalue weighted by Crippen LogP contribution is -2.49. The summed E-state index contributed by atoms with van der Waals surface area (Å²) in [6.45, 7) is 2.36. The van der Waals surface area contributed by atoms with Crippen LogP contribution in [-0.4, -0.2) is 43.2 Å². The number of imidazole rings is 1. The fraction of sp³-hybridized carbons (Fsp3) is 0.417. The summed E-state index contributed by atoms with van der Waals surface area (Å²) in [4.78, 5) is 37.0. The van der Waals surface area contributed by atoms with Gasteiger partial charge < -0.3 is 10.2 Å². The minimum Gasteiger partial charge on any atom is -0.350 e. The second kappa shape index (κ2) is 8.41. The van der Waals surface area contributed by atoms with E-state index in [-0.39, 0.29) is 35.3 Å². The minimum absolute atomic E-state index is 0.0289. The SMILES string of the molecule is CC[C@]1(C(=O)NCc2cnc3cnccn23)C[C@H]2CC[C@@H]1N2C(=O)Cc1ccc(F)cc1Cl. The van der Waals surface area contributed by atoms with Crippen LogP contribution in [0.5, 0.6) is 0 Å². The Bertz CT molecular complexity index is 1230. The first-order chi connectivity index (χ1) is 15.9. The van der Waals surface area contributed by atoms with Gasteiger partial charge in [0.1, 0.15) is 5.82 Å².